The van der Waals surface area contributed by atoms with Gasteiger partial charge in [0.2, 0.25) is 0 Å². The highest BCUT2D eigenvalue weighted by Gasteiger charge is 2.24. The summed E-state index contributed by atoms with van der Waals surface area (Å²) in [6.45, 7) is 2.22. The number of aliphatic hydroxyl groups excluding tert-OH is 1. The highest BCUT2D eigenvalue weighted by atomic mass is 79.9. The minimum absolute atomic E-state index is 0.205. The van der Waals surface area contributed by atoms with E-state index in [-0.39, 0.29) is 12.4 Å². The van der Waals surface area contributed by atoms with Gasteiger partial charge in [0.1, 0.15) is 5.82 Å². The van der Waals surface area contributed by atoms with Gasteiger partial charge in [-0.2, -0.15) is 0 Å². The number of benzene rings is 1. The zero-order valence-electron chi connectivity index (χ0n) is 10.4. The van der Waals surface area contributed by atoms with E-state index in [4.69, 9.17) is 5.11 Å². The van der Waals surface area contributed by atoms with E-state index in [0.717, 1.165) is 36.0 Å². The van der Waals surface area contributed by atoms with Crippen LogP contribution in [0.4, 0.5) is 4.39 Å². The molecule has 1 aliphatic heterocycles. The third-order valence-electron chi connectivity index (χ3n) is 3.58. The van der Waals surface area contributed by atoms with E-state index in [2.05, 4.69) is 20.8 Å². The third kappa shape index (κ3) is 3.53. The van der Waals surface area contributed by atoms with E-state index in [1.165, 1.54) is 25.0 Å². The topological polar surface area (TPSA) is 23.5 Å². The van der Waals surface area contributed by atoms with Crippen LogP contribution in [0.2, 0.25) is 0 Å². The highest BCUT2D eigenvalue weighted by molar-refractivity contribution is 9.10. The lowest BCUT2D eigenvalue weighted by molar-refractivity contribution is 0.210. The maximum absolute atomic E-state index is 13.0. The summed E-state index contributed by atoms with van der Waals surface area (Å²) in [6, 6.07) is 5.45. The van der Waals surface area contributed by atoms with Gasteiger partial charge in [-0.3, -0.25) is 4.90 Å². The van der Waals surface area contributed by atoms with Crippen LogP contribution in [0.25, 0.3) is 0 Å². The van der Waals surface area contributed by atoms with Gasteiger partial charge in [-0.05, 0) is 49.9 Å². The van der Waals surface area contributed by atoms with Crippen LogP contribution in [0, 0.1) is 5.82 Å². The lowest BCUT2D eigenvalue weighted by atomic mass is 10.1. The predicted molar refractivity (Wildman–Crippen MR) is 73.9 cm³/mol. The monoisotopic (exact) mass is 315 g/mol. The van der Waals surface area contributed by atoms with E-state index in [0.29, 0.717) is 6.04 Å². The minimum Gasteiger partial charge on any atom is -0.396 e. The molecule has 1 aromatic carbocycles. The maximum Gasteiger partial charge on any atom is 0.124 e. The van der Waals surface area contributed by atoms with Gasteiger partial charge in [0.05, 0.1) is 0 Å². The summed E-state index contributed by atoms with van der Waals surface area (Å²) < 4.78 is 13.9. The van der Waals surface area contributed by atoms with Crippen molar-refractivity contribution in [2.24, 2.45) is 0 Å². The zero-order valence-corrected chi connectivity index (χ0v) is 12.0. The molecule has 2 nitrogen and oxygen atoms in total. The average molecular weight is 316 g/mol. The number of nitrogens with zero attached hydrogens (tertiary/aromatic N) is 1. The quantitative estimate of drug-likeness (QED) is 0.901. The molecule has 0 spiro atoms. The van der Waals surface area contributed by atoms with Crippen LogP contribution in [0.1, 0.15) is 31.2 Å². The predicted octanol–water partition coefficient (Wildman–Crippen LogP) is 3.33. The molecule has 100 valence electrons. The van der Waals surface area contributed by atoms with Crippen molar-refractivity contribution in [2.75, 3.05) is 13.2 Å². The van der Waals surface area contributed by atoms with Crippen LogP contribution in [-0.2, 0) is 6.54 Å². The normalized spacial score (nSPS) is 20.5. The van der Waals surface area contributed by atoms with Gasteiger partial charge in [0, 0.05) is 23.7 Å². The molecule has 4 heteroatoms. The third-order valence-corrected chi connectivity index (χ3v) is 4.32. The number of hydrogen-bond donors (Lipinski definition) is 1. The number of aliphatic hydroxyl groups is 1. The van der Waals surface area contributed by atoms with Crippen LogP contribution in [-0.4, -0.2) is 29.2 Å². The second-order valence-electron chi connectivity index (χ2n) is 4.87. The molecule has 1 unspecified atom stereocenters. The Balaban J connectivity index is 1.99. The Morgan fingerprint density at radius 2 is 2.28 bits per heavy atom. The van der Waals surface area contributed by atoms with Gasteiger partial charge in [0.25, 0.3) is 0 Å². The maximum atomic E-state index is 13.0. The van der Waals surface area contributed by atoms with E-state index in [1.54, 1.807) is 0 Å². The van der Waals surface area contributed by atoms with Crippen molar-refractivity contribution < 1.29 is 9.50 Å². The summed E-state index contributed by atoms with van der Waals surface area (Å²) in [7, 11) is 0. The lowest BCUT2D eigenvalue weighted by Gasteiger charge is -2.24. The SMILES string of the molecule is OCCCC1CCCN1Cc1ccc(F)cc1Br. The zero-order chi connectivity index (χ0) is 13.0. The van der Waals surface area contributed by atoms with Crippen molar-refractivity contribution in [3.63, 3.8) is 0 Å². The average Bonchev–Trinajstić information content (AvgIpc) is 2.77. The summed E-state index contributed by atoms with van der Waals surface area (Å²) in [4.78, 5) is 2.44. The molecule has 18 heavy (non-hydrogen) atoms. The summed E-state index contributed by atoms with van der Waals surface area (Å²) in [5.41, 5.74) is 1.13. The fraction of sp³-hybridized carbons (Fsp3) is 0.571. The molecule has 0 aromatic heterocycles. The Kier molecular flexibility index (Phi) is 5.15. The number of halogens is 2. The number of hydrogen-bond acceptors (Lipinski definition) is 2. The van der Waals surface area contributed by atoms with Crippen LogP contribution >= 0.6 is 15.9 Å². The first-order chi connectivity index (χ1) is 8.70. The first kappa shape index (κ1) is 14.0. The minimum atomic E-state index is -0.205. The molecule has 1 saturated heterocycles. The standard InChI is InChI=1S/C14H19BrFNO/c15-14-9-12(16)6-5-11(14)10-17-7-1-3-13(17)4-2-8-18/h5-6,9,13,18H,1-4,7-8,10H2. The smallest absolute Gasteiger partial charge is 0.124 e. The van der Waals surface area contributed by atoms with E-state index in [9.17, 15) is 4.39 Å². The van der Waals surface area contributed by atoms with Crippen molar-refractivity contribution in [3.8, 4) is 0 Å². The van der Waals surface area contributed by atoms with E-state index in [1.807, 2.05) is 6.07 Å². The van der Waals surface area contributed by atoms with Crippen LogP contribution in [0.3, 0.4) is 0 Å². The first-order valence-corrected chi connectivity index (χ1v) is 7.29. The van der Waals surface area contributed by atoms with E-state index < -0.39 is 0 Å². The Morgan fingerprint density at radius 1 is 1.44 bits per heavy atom. The van der Waals surface area contributed by atoms with Crippen LogP contribution in [0.5, 0.6) is 0 Å². The Labute approximate surface area is 116 Å². The lowest BCUT2D eigenvalue weighted by Crippen LogP contribution is -2.29. The van der Waals surface area contributed by atoms with Gasteiger partial charge < -0.3 is 5.11 Å². The van der Waals surface area contributed by atoms with Crippen molar-refractivity contribution in [1.82, 2.24) is 4.90 Å². The molecule has 0 bridgehead atoms. The van der Waals surface area contributed by atoms with Crippen molar-refractivity contribution in [3.05, 3.63) is 34.1 Å². The van der Waals surface area contributed by atoms with Crippen LogP contribution in [0.15, 0.2) is 22.7 Å². The summed E-state index contributed by atoms with van der Waals surface area (Å²) in [5.74, 6) is -0.205. The van der Waals surface area contributed by atoms with E-state index >= 15 is 0 Å². The molecule has 0 amide bonds. The van der Waals surface area contributed by atoms with Gasteiger partial charge in [-0.15, -0.1) is 0 Å². The molecular formula is C14H19BrFNO. The molecule has 1 aliphatic rings. The number of rotatable bonds is 5. The summed E-state index contributed by atoms with van der Waals surface area (Å²) in [5, 5.41) is 8.91. The second kappa shape index (κ2) is 6.64. The molecular weight excluding hydrogens is 297 g/mol. The van der Waals surface area contributed by atoms with Crippen molar-refractivity contribution >= 4 is 15.9 Å². The Bertz CT molecular complexity index is 399. The highest BCUT2D eigenvalue weighted by Crippen LogP contribution is 2.26. The van der Waals surface area contributed by atoms with Crippen molar-refractivity contribution in [2.45, 2.75) is 38.3 Å². The van der Waals surface area contributed by atoms with Gasteiger partial charge >= 0.3 is 0 Å². The first-order valence-electron chi connectivity index (χ1n) is 6.49. The molecule has 2 rings (SSSR count). The van der Waals surface area contributed by atoms with Gasteiger partial charge in [0.15, 0.2) is 0 Å². The second-order valence-corrected chi connectivity index (χ2v) is 5.72. The molecule has 1 N–H and O–H groups in total. The summed E-state index contributed by atoms with van der Waals surface area (Å²) >= 11 is 3.42. The Hall–Kier alpha value is -0.450. The molecule has 0 saturated carbocycles. The molecule has 1 heterocycles. The van der Waals surface area contributed by atoms with Gasteiger partial charge in [-0.25, -0.2) is 4.39 Å². The molecule has 1 fully saturated rings. The molecule has 0 radical (unpaired) electrons. The number of likely N-dealkylation sites (tertiary alicyclic amines) is 1. The fourth-order valence-corrected chi connectivity index (χ4v) is 3.10. The van der Waals surface area contributed by atoms with Gasteiger partial charge in [-0.1, -0.05) is 22.0 Å². The largest absolute Gasteiger partial charge is 0.396 e. The molecule has 1 atom stereocenters. The molecule has 0 aliphatic carbocycles. The van der Waals surface area contributed by atoms with Crippen molar-refractivity contribution in [1.29, 1.82) is 0 Å². The fourth-order valence-electron chi connectivity index (χ4n) is 2.63. The molecule has 1 aromatic rings. The Morgan fingerprint density at radius 3 is 3.00 bits per heavy atom. The van der Waals surface area contributed by atoms with Crippen LogP contribution < -0.4 is 0 Å². The summed E-state index contributed by atoms with van der Waals surface area (Å²) in [6.07, 6.45) is 4.34.